The maximum atomic E-state index is 4.79. The molecule has 2 aromatic carbocycles. The molecule has 1 fully saturated rings. The van der Waals surface area contributed by atoms with Crippen LogP contribution in [0.4, 0.5) is 23.1 Å². The van der Waals surface area contributed by atoms with Gasteiger partial charge in [0.15, 0.2) is 0 Å². The minimum absolute atomic E-state index is 0.796. The Balaban J connectivity index is 1.46. The summed E-state index contributed by atoms with van der Waals surface area (Å²) < 4.78 is 0. The Morgan fingerprint density at radius 3 is 2.39 bits per heavy atom. The molecule has 0 radical (unpaired) electrons. The van der Waals surface area contributed by atoms with Gasteiger partial charge in [0, 0.05) is 43.8 Å². The van der Waals surface area contributed by atoms with Crippen LogP contribution in [0.5, 0.6) is 0 Å². The predicted octanol–water partition coefficient (Wildman–Crippen LogP) is 4.42. The van der Waals surface area contributed by atoms with Crippen molar-refractivity contribution in [3.8, 4) is 0 Å². The summed E-state index contributed by atoms with van der Waals surface area (Å²) in [5.74, 6) is 1.64. The highest BCUT2D eigenvalue weighted by Gasteiger charge is 2.19. The second-order valence-corrected chi connectivity index (χ2v) is 7.14. The SMILES string of the molecule is CCc1cccc(C)c1Nc1ccnc(N2CCN(c3ccccc3)CC2)n1. The van der Waals surface area contributed by atoms with Crippen LogP contribution in [-0.4, -0.2) is 36.1 Å². The third-order valence-electron chi connectivity index (χ3n) is 5.32. The maximum absolute atomic E-state index is 4.79. The monoisotopic (exact) mass is 373 g/mol. The van der Waals surface area contributed by atoms with Crippen molar-refractivity contribution in [1.82, 2.24) is 9.97 Å². The van der Waals surface area contributed by atoms with E-state index in [1.165, 1.54) is 16.8 Å². The van der Waals surface area contributed by atoms with E-state index in [-0.39, 0.29) is 0 Å². The van der Waals surface area contributed by atoms with Crippen LogP contribution >= 0.6 is 0 Å². The van der Waals surface area contributed by atoms with Crippen molar-refractivity contribution in [3.05, 3.63) is 71.9 Å². The van der Waals surface area contributed by atoms with Gasteiger partial charge in [0.05, 0.1) is 0 Å². The number of hydrogen-bond donors (Lipinski definition) is 1. The molecule has 1 saturated heterocycles. The molecule has 0 amide bonds. The Morgan fingerprint density at radius 1 is 0.893 bits per heavy atom. The van der Waals surface area contributed by atoms with E-state index in [4.69, 9.17) is 4.98 Å². The van der Waals surface area contributed by atoms with Crippen LogP contribution in [0, 0.1) is 6.92 Å². The van der Waals surface area contributed by atoms with Crippen LogP contribution in [-0.2, 0) is 6.42 Å². The van der Waals surface area contributed by atoms with Crippen molar-refractivity contribution in [3.63, 3.8) is 0 Å². The minimum Gasteiger partial charge on any atom is -0.368 e. The van der Waals surface area contributed by atoms with Crippen molar-refractivity contribution in [2.45, 2.75) is 20.3 Å². The van der Waals surface area contributed by atoms with E-state index in [1.807, 2.05) is 12.3 Å². The molecule has 0 spiro atoms. The second-order valence-electron chi connectivity index (χ2n) is 7.14. The smallest absolute Gasteiger partial charge is 0.227 e. The van der Waals surface area contributed by atoms with E-state index in [0.717, 1.165) is 50.1 Å². The lowest BCUT2D eigenvalue weighted by molar-refractivity contribution is 0.640. The topological polar surface area (TPSA) is 44.3 Å². The van der Waals surface area contributed by atoms with E-state index < -0.39 is 0 Å². The Labute approximate surface area is 167 Å². The van der Waals surface area contributed by atoms with Gasteiger partial charge in [-0.25, -0.2) is 4.98 Å². The molecule has 1 aliphatic heterocycles. The van der Waals surface area contributed by atoms with Gasteiger partial charge in [-0.3, -0.25) is 0 Å². The first kappa shape index (κ1) is 18.3. The summed E-state index contributed by atoms with van der Waals surface area (Å²) in [4.78, 5) is 14.0. The van der Waals surface area contributed by atoms with Crippen molar-refractivity contribution in [1.29, 1.82) is 0 Å². The van der Waals surface area contributed by atoms with E-state index in [0.29, 0.717) is 0 Å². The van der Waals surface area contributed by atoms with E-state index in [9.17, 15) is 0 Å². The number of aryl methyl sites for hydroxylation is 2. The highest BCUT2D eigenvalue weighted by molar-refractivity contribution is 5.65. The molecule has 1 N–H and O–H groups in total. The second kappa shape index (κ2) is 8.30. The lowest BCUT2D eigenvalue weighted by Crippen LogP contribution is -2.47. The van der Waals surface area contributed by atoms with Crippen LogP contribution in [0.3, 0.4) is 0 Å². The van der Waals surface area contributed by atoms with Crippen molar-refractivity contribution in [2.24, 2.45) is 0 Å². The average Bonchev–Trinajstić information content (AvgIpc) is 2.76. The zero-order valence-corrected chi connectivity index (χ0v) is 16.6. The summed E-state index contributed by atoms with van der Waals surface area (Å²) in [6, 6.07) is 18.9. The molecular weight excluding hydrogens is 346 g/mol. The molecule has 2 heterocycles. The molecule has 5 nitrogen and oxygen atoms in total. The number of anilines is 4. The number of para-hydroxylation sites is 2. The summed E-state index contributed by atoms with van der Waals surface area (Å²) in [5, 5.41) is 3.52. The molecule has 0 atom stereocenters. The van der Waals surface area contributed by atoms with Crippen molar-refractivity contribution >= 4 is 23.1 Å². The highest BCUT2D eigenvalue weighted by Crippen LogP contribution is 2.25. The lowest BCUT2D eigenvalue weighted by atomic mass is 10.1. The first-order chi connectivity index (χ1) is 13.7. The van der Waals surface area contributed by atoms with Crippen LogP contribution in [0.25, 0.3) is 0 Å². The molecule has 1 aliphatic rings. The minimum atomic E-state index is 0.796. The van der Waals surface area contributed by atoms with Gasteiger partial charge in [-0.1, -0.05) is 43.3 Å². The zero-order valence-electron chi connectivity index (χ0n) is 16.6. The number of hydrogen-bond acceptors (Lipinski definition) is 5. The average molecular weight is 374 g/mol. The first-order valence-electron chi connectivity index (χ1n) is 9.98. The van der Waals surface area contributed by atoms with Crippen molar-refractivity contribution < 1.29 is 0 Å². The summed E-state index contributed by atoms with van der Waals surface area (Å²) >= 11 is 0. The zero-order chi connectivity index (χ0) is 19.3. The molecular formula is C23H27N5. The highest BCUT2D eigenvalue weighted by atomic mass is 15.3. The van der Waals surface area contributed by atoms with Crippen LogP contribution in [0.15, 0.2) is 60.8 Å². The van der Waals surface area contributed by atoms with Crippen LogP contribution < -0.4 is 15.1 Å². The Kier molecular flexibility index (Phi) is 5.42. The molecule has 144 valence electrons. The number of nitrogens with zero attached hydrogens (tertiary/aromatic N) is 4. The number of nitrogens with one attached hydrogen (secondary N) is 1. The Bertz CT molecular complexity index is 917. The third kappa shape index (κ3) is 3.93. The van der Waals surface area contributed by atoms with E-state index in [2.05, 4.69) is 82.5 Å². The van der Waals surface area contributed by atoms with Gasteiger partial charge in [0.25, 0.3) is 0 Å². The number of piperazine rings is 1. The molecule has 0 unspecified atom stereocenters. The summed E-state index contributed by atoms with van der Waals surface area (Å²) in [7, 11) is 0. The molecule has 0 bridgehead atoms. The predicted molar refractivity (Wildman–Crippen MR) is 117 cm³/mol. The largest absolute Gasteiger partial charge is 0.368 e. The van der Waals surface area contributed by atoms with E-state index in [1.54, 1.807) is 0 Å². The molecule has 5 heteroatoms. The summed E-state index contributed by atoms with van der Waals surface area (Å²) in [6.45, 7) is 8.10. The maximum Gasteiger partial charge on any atom is 0.227 e. The molecule has 1 aromatic heterocycles. The number of rotatable bonds is 5. The fraction of sp³-hybridized carbons (Fsp3) is 0.304. The fourth-order valence-electron chi connectivity index (χ4n) is 3.70. The van der Waals surface area contributed by atoms with Gasteiger partial charge >= 0.3 is 0 Å². The van der Waals surface area contributed by atoms with Crippen molar-refractivity contribution in [2.75, 3.05) is 41.3 Å². The van der Waals surface area contributed by atoms with Gasteiger partial charge in [0.1, 0.15) is 5.82 Å². The van der Waals surface area contributed by atoms with Gasteiger partial charge < -0.3 is 15.1 Å². The number of benzene rings is 2. The third-order valence-corrected chi connectivity index (χ3v) is 5.32. The molecule has 4 rings (SSSR count). The first-order valence-corrected chi connectivity index (χ1v) is 9.98. The Hall–Kier alpha value is -3.08. The molecule has 0 aliphatic carbocycles. The Morgan fingerprint density at radius 2 is 1.64 bits per heavy atom. The van der Waals surface area contributed by atoms with Gasteiger partial charge in [0.2, 0.25) is 5.95 Å². The van der Waals surface area contributed by atoms with Gasteiger partial charge in [-0.05, 0) is 42.7 Å². The lowest BCUT2D eigenvalue weighted by Gasteiger charge is -2.36. The number of aromatic nitrogens is 2. The quantitative estimate of drug-likeness (QED) is 0.717. The molecule has 3 aromatic rings. The summed E-state index contributed by atoms with van der Waals surface area (Å²) in [6.07, 6.45) is 2.83. The van der Waals surface area contributed by atoms with E-state index >= 15 is 0 Å². The van der Waals surface area contributed by atoms with Gasteiger partial charge in [-0.2, -0.15) is 4.98 Å². The van der Waals surface area contributed by atoms with Crippen LogP contribution in [0.2, 0.25) is 0 Å². The normalized spacial score (nSPS) is 14.2. The molecule has 28 heavy (non-hydrogen) atoms. The van der Waals surface area contributed by atoms with Crippen LogP contribution in [0.1, 0.15) is 18.1 Å². The summed E-state index contributed by atoms with van der Waals surface area (Å²) in [5.41, 5.74) is 4.97. The standard InChI is InChI=1S/C23H27N5/c1-3-19-9-7-8-18(2)22(19)25-21-12-13-24-23(26-21)28-16-14-27(15-17-28)20-10-5-4-6-11-20/h4-13H,3,14-17H2,1-2H3,(H,24,25,26). The molecule has 0 saturated carbocycles. The van der Waals surface area contributed by atoms with Gasteiger partial charge in [-0.15, -0.1) is 0 Å². The fourth-order valence-corrected chi connectivity index (χ4v) is 3.70.